The number of amides is 3. The Labute approximate surface area is 268 Å². The van der Waals surface area contributed by atoms with Crippen LogP contribution in [0.4, 0.5) is 23.7 Å². The number of phenolic OH excluding ortho intramolecular Hbond substituents is 1. The Morgan fingerprint density at radius 3 is 2.43 bits per heavy atom. The molecule has 2 aromatic carbocycles. The number of alkyl halides is 3. The first-order chi connectivity index (χ1) is 22.1. The van der Waals surface area contributed by atoms with Crippen molar-refractivity contribution < 1.29 is 56.0 Å². The van der Waals surface area contributed by atoms with Crippen LogP contribution in [0, 0.1) is 0 Å². The van der Waals surface area contributed by atoms with Crippen LogP contribution in [0.5, 0.6) is 11.5 Å². The number of hydrogen-bond donors (Lipinski definition) is 3. The lowest BCUT2D eigenvalue weighted by atomic mass is 10.0. The number of nitrogens with zero attached hydrogens (tertiary/aromatic N) is 3. The topological polar surface area (TPSA) is 153 Å². The standard InChI is InChI=1S/C32H34F3N5O7/c1-38-17-23(16-27(38)29(43)46-3)39(22-7-5-13-40(2,19-22)18-21-6-4-8-24(41)14-21)31(45)37-26(28(36)42)15-20-9-11-25(12-10-20)47-30(44)32(33,34)35/h4,6,8-12,14,16-17,26H,5,7,13,15,18-19H2,1-3H3,(H2-2,36,37,41,42,45)/p+2/b39-22+/t26-,40?/m0/s1. The molecule has 0 radical (unpaired) electrons. The summed E-state index contributed by atoms with van der Waals surface area (Å²) in [5, 5.41) is 12.7. The lowest BCUT2D eigenvalue weighted by Crippen LogP contribution is -2.54. The average molecular weight is 660 g/mol. The monoisotopic (exact) mass is 659 g/mol. The highest BCUT2D eigenvalue weighted by Crippen LogP contribution is 2.25. The maximum Gasteiger partial charge on any atom is 0.497 e. The minimum absolute atomic E-state index is 0.120. The van der Waals surface area contributed by atoms with Gasteiger partial charge in [-0.05, 0) is 29.8 Å². The van der Waals surface area contributed by atoms with E-state index >= 15 is 0 Å². The van der Waals surface area contributed by atoms with Crippen molar-refractivity contribution in [2.24, 2.45) is 12.8 Å². The van der Waals surface area contributed by atoms with E-state index in [1.54, 1.807) is 31.4 Å². The van der Waals surface area contributed by atoms with Gasteiger partial charge in [0, 0.05) is 37.9 Å². The molecule has 1 aliphatic rings. The van der Waals surface area contributed by atoms with Gasteiger partial charge >= 0.3 is 24.1 Å². The summed E-state index contributed by atoms with van der Waals surface area (Å²) >= 11 is 0. The summed E-state index contributed by atoms with van der Waals surface area (Å²) in [6.07, 6.45) is -2.45. The van der Waals surface area contributed by atoms with Crippen LogP contribution in [-0.2, 0) is 34.3 Å². The van der Waals surface area contributed by atoms with Gasteiger partial charge in [-0.25, -0.2) is 14.9 Å². The van der Waals surface area contributed by atoms with E-state index in [4.69, 9.17) is 10.5 Å². The molecule has 3 aromatic rings. The highest BCUT2D eigenvalue weighted by molar-refractivity contribution is 5.92. The first kappa shape index (κ1) is 34.7. The minimum Gasteiger partial charge on any atom is -0.508 e. The van der Waals surface area contributed by atoms with Gasteiger partial charge in [-0.1, -0.05) is 24.3 Å². The molecular weight excluding hydrogens is 623 g/mol. The van der Waals surface area contributed by atoms with Crippen LogP contribution in [0.25, 0.3) is 0 Å². The number of rotatable bonds is 9. The number of ether oxygens (including phenoxy) is 2. The second-order valence-electron chi connectivity index (χ2n) is 11.7. The minimum atomic E-state index is -5.17. The number of aromatic nitrogens is 1. The molecule has 15 heteroatoms. The van der Waals surface area contributed by atoms with Crippen LogP contribution in [0.2, 0.25) is 0 Å². The number of urea groups is 1. The molecule has 250 valence electrons. The number of piperidine rings is 1. The SMILES string of the molecule is COC(=O)c1cc(/[N+](C(=O)N[C@@H](Cc2ccc(OC(=O)C(F)(F)F)cc2)C(N)=O)=C2/CCC[N+](C)(Cc3cccc(O)c3)C2)cn1C. The molecule has 2 atom stereocenters. The maximum absolute atomic E-state index is 14.0. The van der Waals surface area contributed by atoms with Crippen LogP contribution in [0.1, 0.15) is 34.5 Å². The van der Waals surface area contributed by atoms with E-state index in [0.29, 0.717) is 41.0 Å². The molecule has 0 bridgehead atoms. The first-order valence-electron chi connectivity index (χ1n) is 14.6. The highest BCUT2D eigenvalue weighted by Gasteiger charge is 2.41. The predicted molar refractivity (Wildman–Crippen MR) is 162 cm³/mol. The number of carbonyl (C=O) groups excluding carboxylic acids is 4. The van der Waals surface area contributed by atoms with Gasteiger partial charge in [0.1, 0.15) is 36.0 Å². The zero-order valence-electron chi connectivity index (χ0n) is 26.0. The van der Waals surface area contributed by atoms with Crippen molar-refractivity contribution in [1.29, 1.82) is 0 Å². The Morgan fingerprint density at radius 1 is 1.11 bits per heavy atom. The number of halogens is 3. The van der Waals surface area contributed by atoms with Gasteiger partial charge < -0.3 is 29.4 Å². The number of methoxy groups -OCH3 is 1. The van der Waals surface area contributed by atoms with Crippen LogP contribution in [0.3, 0.4) is 0 Å². The fourth-order valence-corrected chi connectivity index (χ4v) is 5.63. The number of primary amides is 1. The largest absolute Gasteiger partial charge is 0.508 e. The van der Waals surface area contributed by atoms with Crippen molar-refractivity contribution in [3.05, 3.63) is 77.6 Å². The van der Waals surface area contributed by atoms with Crippen molar-refractivity contribution in [3.8, 4) is 11.5 Å². The number of nitrogens with two attached hydrogens (primary N) is 1. The fourth-order valence-electron chi connectivity index (χ4n) is 5.63. The second kappa shape index (κ2) is 14.1. The molecule has 0 saturated carbocycles. The van der Waals surface area contributed by atoms with Crippen LogP contribution in [-0.4, -0.2) is 87.8 Å². The van der Waals surface area contributed by atoms with Gasteiger partial charge in [-0.15, -0.1) is 0 Å². The van der Waals surface area contributed by atoms with E-state index in [-0.39, 0.29) is 23.6 Å². The van der Waals surface area contributed by atoms with Gasteiger partial charge in [-0.3, -0.25) is 4.79 Å². The number of carbonyl (C=O) groups is 4. The number of quaternary nitrogens is 1. The van der Waals surface area contributed by atoms with Crippen molar-refractivity contribution >= 4 is 35.3 Å². The van der Waals surface area contributed by atoms with Crippen molar-refractivity contribution in [2.75, 3.05) is 27.2 Å². The van der Waals surface area contributed by atoms with E-state index in [9.17, 15) is 37.5 Å². The summed E-state index contributed by atoms with van der Waals surface area (Å²) in [4.78, 5) is 50.1. The molecule has 1 aromatic heterocycles. The van der Waals surface area contributed by atoms with Gasteiger partial charge in [0.05, 0.1) is 26.9 Å². The zero-order valence-corrected chi connectivity index (χ0v) is 26.0. The Balaban J connectivity index is 1.64. The molecule has 1 unspecified atom stereocenters. The number of benzene rings is 2. The molecule has 1 saturated heterocycles. The third kappa shape index (κ3) is 8.76. The predicted octanol–water partition coefficient (Wildman–Crippen LogP) is 3.32. The van der Waals surface area contributed by atoms with Crippen LogP contribution >= 0.6 is 0 Å². The molecule has 4 N–H and O–H groups in total. The number of esters is 2. The second-order valence-corrected chi connectivity index (χ2v) is 11.7. The Morgan fingerprint density at radius 2 is 1.81 bits per heavy atom. The average Bonchev–Trinajstić information content (AvgIpc) is 3.37. The fraction of sp³-hybridized carbons (Fsp3) is 0.344. The van der Waals surface area contributed by atoms with E-state index in [0.717, 1.165) is 30.7 Å². The van der Waals surface area contributed by atoms with Gasteiger partial charge in [0.2, 0.25) is 0 Å². The third-order valence-corrected chi connectivity index (χ3v) is 7.81. The summed E-state index contributed by atoms with van der Waals surface area (Å²) < 4.78 is 50.3. The summed E-state index contributed by atoms with van der Waals surface area (Å²) in [5.41, 5.74) is 8.23. The lowest BCUT2D eigenvalue weighted by Gasteiger charge is -2.38. The third-order valence-electron chi connectivity index (χ3n) is 7.81. The molecule has 47 heavy (non-hydrogen) atoms. The first-order valence-corrected chi connectivity index (χ1v) is 14.6. The van der Waals surface area contributed by atoms with Gasteiger partial charge in [0.15, 0.2) is 11.7 Å². The van der Waals surface area contributed by atoms with E-state index < -0.39 is 36.1 Å². The maximum atomic E-state index is 14.0. The Kier molecular flexibility index (Phi) is 10.4. The normalized spacial score (nSPS) is 18.2. The van der Waals surface area contributed by atoms with Gasteiger partial charge in [-0.2, -0.15) is 22.5 Å². The molecular formula is C32H36F3N5O7+2. The summed E-state index contributed by atoms with van der Waals surface area (Å²) in [5.74, 6) is -4.07. The molecule has 2 heterocycles. The van der Waals surface area contributed by atoms with Gasteiger partial charge in [0.25, 0.3) is 5.91 Å². The molecule has 1 fully saturated rings. The summed E-state index contributed by atoms with van der Waals surface area (Å²) in [7, 11) is 4.90. The Hall–Kier alpha value is -5.18. The van der Waals surface area contributed by atoms with E-state index in [1.165, 1.54) is 34.5 Å². The molecule has 1 aliphatic heterocycles. The van der Waals surface area contributed by atoms with E-state index in [1.807, 2.05) is 13.1 Å². The molecule has 4 rings (SSSR count). The summed E-state index contributed by atoms with van der Waals surface area (Å²) in [6, 6.07) is 11.5. The smallest absolute Gasteiger partial charge is 0.497 e. The zero-order chi connectivity index (χ0) is 34.5. The van der Waals surface area contributed by atoms with E-state index in [2.05, 4.69) is 10.1 Å². The van der Waals surface area contributed by atoms with Crippen LogP contribution < -0.4 is 15.8 Å². The number of aromatic hydroxyl groups is 1. The molecule has 0 spiro atoms. The number of nitrogens with one attached hydrogen (secondary N) is 1. The molecule has 0 aliphatic carbocycles. The van der Waals surface area contributed by atoms with Crippen molar-refractivity contribution in [3.63, 3.8) is 0 Å². The number of aryl methyl sites for hydroxylation is 1. The number of likely N-dealkylation sites (tertiary alicyclic amines) is 1. The quantitative estimate of drug-likeness (QED) is 0.138. The lowest BCUT2D eigenvalue weighted by molar-refractivity contribution is -0.917. The van der Waals surface area contributed by atoms with Crippen molar-refractivity contribution in [2.45, 2.75) is 38.0 Å². The number of hydrogen-bond acceptors (Lipinski definition) is 7. The van der Waals surface area contributed by atoms with Crippen LogP contribution in [0.15, 0.2) is 60.8 Å². The molecule has 12 nitrogen and oxygen atoms in total. The molecule has 3 amide bonds. The number of phenols is 1. The summed E-state index contributed by atoms with van der Waals surface area (Å²) in [6.45, 7) is 1.77. The van der Waals surface area contributed by atoms with Crippen molar-refractivity contribution in [1.82, 2.24) is 9.88 Å². The Bertz CT molecular complexity index is 1700. The highest BCUT2D eigenvalue weighted by atomic mass is 19.4.